The molecule has 0 spiro atoms. The maximum Gasteiger partial charge on any atom is 0.323 e. The minimum Gasteiger partial charge on any atom is -0.480 e. The molecule has 5 heteroatoms. The van der Waals surface area contributed by atoms with Gasteiger partial charge < -0.3 is 10.0 Å². The number of hydrogen-bond donors (Lipinski definition) is 1. The van der Waals surface area contributed by atoms with Crippen LogP contribution in [0.25, 0.3) is 0 Å². The number of carbonyl (C=O) groups is 2. The maximum atomic E-state index is 12.3. The molecule has 0 aromatic carbocycles. The highest BCUT2D eigenvalue weighted by molar-refractivity contribution is 5.86. The first-order valence-corrected chi connectivity index (χ1v) is 6.82. The summed E-state index contributed by atoms with van der Waals surface area (Å²) in [5.74, 6) is -0.162. The SMILES string of the molecule is CC1CCN([C@H]2CCCN(CC(=O)O)C2=O)CC1. The van der Waals surface area contributed by atoms with Gasteiger partial charge in [0.15, 0.2) is 0 Å². The van der Waals surface area contributed by atoms with Gasteiger partial charge in [-0.1, -0.05) is 6.92 Å². The van der Waals surface area contributed by atoms with Crippen molar-refractivity contribution in [1.82, 2.24) is 9.80 Å². The van der Waals surface area contributed by atoms with Gasteiger partial charge in [0.05, 0.1) is 6.04 Å². The van der Waals surface area contributed by atoms with Gasteiger partial charge >= 0.3 is 5.97 Å². The van der Waals surface area contributed by atoms with Gasteiger partial charge in [-0.2, -0.15) is 0 Å². The van der Waals surface area contributed by atoms with Crippen LogP contribution in [0, 0.1) is 5.92 Å². The number of nitrogens with zero attached hydrogens (tertiary/aromatic N) is 2. The third-order valence-corrected chi connectivity index (χ3v) is 4.09. The summed E-state index contributed by atoms with van der Waals surface area (Å²) in [4.78, 5) is 26.7. The predicted octanol–water partition coefficient (Wildman–Crippen LogP) is 0.794. The normalized spacial score (nSPS) is 27.5. The van der Waals surface area contributed by atoms with E-state index in [1.807, 2.05) is 0 Å². The Balaban J connectivity index is 1.95. The van der Waals surface area contributed by atoms with Gasteiger partial charge in [0.1, 0.15) is 6.54 Å². The van der Waals surface area contributed by atoms with Crippen LogP contribution in [0.2, 0.25) is 0 Å². The molecule has 0 aliphatic carbocycles. The first-order chi connectivity index (χ1) is 8.58. The molecule has 0 unspecified atom stereocenters. The van der Waals surface area contributed by atoms with Crippen molar-refractivity contribution < 1.29 is 14.7 Å². The van der Waals surface area contributed by atoms with E-state index in [0.29, 0.717) is 6.54 Å². The lowest BCUT2D eigenvalue weighted by atomic mass is 9.95. The van der Waals surface area contributed by atoms with E-state index in [0.717, 1.165) is 44.7 Å². The molecule has 2 heterocycles. The second kappa shape index (κ2) is 5.69. The highest BCUT2D eigenvalue weighted by Crippen LogP contribution is 2.23. The van der Waals surface area contributed by atoms with E-state index < -0.39 is 5.97 Å². The molecule has 2 rings (SSSR count). The summed E-state index contributed by atoms with van der Waals surface area (Å²) in [7, 11) is 0. The molecule has 0 saturated carbocycles. The Labute approximate surface area is 108 Å². The Morgan fingerprint density at radius 1 is 1.28 bits per heavy atom. The van der Waals surface area contributed by atoms with Crippen molar-refractivity contribution in [1.29, 1.82) is 0 Å². The van der Waals surface area contributed by atoms with Gasteiger partial charge in [-0.05, 0) is 44.7 Å². The number of aliphatic carboxylic acids is 1. The Hall–Kier alpha value is -1.10. The van der Waals surface area contributed by atoms with Gasteiger partial charge in [0, 0.05) is 6.54 Å². The van der Waals surface area contributed by atoms with Crippen LogP contribution >= 0.6 is 0 Å². The van der Waals surface area contributed by atoms with Crippen LogP contribution in [0.15, 0.2) is 0 Å². The lowest BCUT2D eigenvalue weighted by Crippen LogP contribution is -2.55. The molecule has 0 aromatic heterocycles. The van der Waals surface area contributed by atoms with Gasteiger partial charge in [0.25, 0.3) is 0 Å². The van der Waals surface area contributed by atoms with E-state index in [9.17, 15) is 9.59 Å². The number of hydrogen-bond acceptors (Lipinski definition) is 3. The highest BCUT2D eigenvalue weighted by Gasteiger charge is 2.35. The minimum absolute atomic E-state index is 0.0122. The van der Waals surface area contributed by atoms with Gasteiger partial charge in [-0.15, -0.1) is 0 Å². The van der Waals surface area contributed by atoms with Crippen molar-refractivity contribution in [2.24, 2.45) is 5.92 Å². The molecule has 5 nitrogen and oxygen atoms in total. The molecule has 1 N–H and O–H groups in total. The lowest BCUT2D eigenvalue weighted by Gasteiger charge is -2.40. The molecule has 0 radical (unpaired) electrons. The highest BCUT2D eigenvalue weighted by atomic mass is 16.4. The van der Waals surface area contributed by atoms with E-state index in [4.69, 9.17) is 5.11 Å². The first-order valence-electron chi connectivity index (χ1n) is 6.82. The summed E-state index contributed by atoms with van der Waals surface area (Å²) in [5, 5.41) is 8.81. The van der Waals surface area contributed by atoms with Crippen LogP contribution in [-0.4, -0.2) is 59.0 Å². The first kappa shape index (κ1) is 13.3. The number of likely N-dealkylation sites (tertiary alicyclic amines) is 2. The minimum atomic E-state index is -0.920. The summed E-state index contributed by atoms with van der Waals surface area (Å²) >= 11 is 0. The smallest absolute Gasteiger partial charge is 0.323 e. The molecule has 102 valence electrons. The summed E-state index contributed by atoms with van der Waals surface area (Å²) in [6, 6.07) is -0.0781. The Morgan fingerprint density at radius 2 is 1.94 bits per heavy atom. The topological polar surface area (TPSA) is 60.9 Å². The number of carboxylic acid groups (broad SMARTS) is 1. The van der Waals surface area contributed by atoms with Crippen LogP contribution < -0.4 is 0 Å². The number of carboxylic acids is 1. The van der Waals surface area contributed by atoms with Crippen LogP contribution in [0.1, 0.15) is 32.6 Å². The average Bonchev–Trinajstić information content (AvgIpc) is 2.33. The summed E-state index contributed by atoms with van der Waals surface area (Å²) in [5.41, 5.74) is 0. The molecule has 0 aromatic rings. The Kier molecular flexibility index (Phi) is 4.22. The number of rotatable bonds is 3. The monoisotopic (exact) mass is 254 g/mol. The van der Waals surface area contributed by atoms with Crippen LogP contribution in [0.5, 0.6) is 0 Å². The molecule has 2 saturated heterocycles. The largest absolute Gasteiger partial charge is 0.480 e. The second-order valence-corrected chi connectivity index (χ2v) is 5.53. The van der Waals surface area contributed by atoms with Crippen molar-refractivity contribution in [2.75, 3.05) is 26.2 Å². The average molecular weight is 254 g/mol. The standard InChI is InChI=1S/C13H22N2O3/c1-10-4-7-14(8-5-10)11-3-2-6-15(13(11)18)9-12(16)17/h10-11H,2-9H2,1H3,(H,16,17)/t11-/m0/s1. The molecule has 1 amide bonds. The summed E-state index contributed by atoms with van der Waals surface area (Å²) in [6.45, 7) is 4.62. The third-order valence-electron chi connectivity index (χ3n) is 4.09. The Morgan fingerprint density at radius 3 is 2.56 bits per heavy atom. The van der Waals surface area contributed by atoms with Crippen molar-refractivity contribution in [2.45, 2.75) is 38.6 Å². The second-order valence-electron chi connectivity index (χ2n) is 5.53. The van der Waals surface area contributed by atoms with Gasteiger partial charge in [-0.25, -0.2) is 0 Å². The molecule has 1 atom stereocenters. The summed E-state index contributed by atoms with van der Waals surface area (Å²) in [6.07, 6.45) is 4.07. The molecule has 2 aliphatic heterocycles. The van der Waals surface area contributed by atoms with Gasteiger partial charge in [-0.3, -0.25) is 14.5 Å². The van der Waals surface area contributed by atoms with Crippen molar-refractivity contribution >= 4 is 11.9 Å². The Bertz CT molecular complexity index is 324. The van der Waals surface area contributed by atoms with E-state index in [-0.39, 0.29) is 18.5 Å². The van der Waals surface area contributed by atoms with Crippen LogP contribution in [0.3, 0.4) is 0 Å². The molecular formula is C13H22N2O3. The lowest BCUT2D eigenvalue weighted by molar-refractivity contribution is -0.149. The molecule has 2 fully saturated rings. The predicted molar refractivity (Wildman–Crippen MR) is 67.2 cm³/mol. The van der Waals surface area contributed by atoms with Gasteiger partial charge in [0.2, 0.25) is 5.91 Å². The molecule has 2 aliphatic rings. The third kappa shape index (κ3) is 3.02. The number of carbonyl (C=O) groups excluding carboxylic acids is 1. The fourth-order valence-electron chi connectivity index (χ4n) is 2.92. The van der Waals surface area contributed by atoms with E-state index in [1.165, 1.54) is 4.90 Å². The zero-order valence-corrected chi connectivity index (χ0v) is 11.0. The fourth-order valence-corrected chi connectivity index (χ4v) is 2.92. The van der Waals surface area contributed by atoms with Crippen molar-refractivity contribution in [3.05, 3.63) is 0 Å². The fraction of sp³-hybridized carbons (Fsp3) is 0.846. The number of amides is 1. The van der Waals surface area contributed by atoms with Crippen LogP contribution in [-0.2, 0) is 9.59 Å². The van der Waals surface area contributed by atoms with E-state index in [1.54, 1.807) is 0 Å². The molecule has 0 bridgehead atoms. The maximum absolute atomic E-state index is 12.3. The number of piperidine rings is 2. The van der Waals surface area contributed by atoms with E-state index >= 15 is 0 Å². The van der Waals surface area contributed by atoms with Crippen molar-refractivity contribution in [3.8, 4) is 0 Å². The zero-order chi connectivity index (χ0) is 13.1. The van der Waals surface area contributed by atoms with Crippen molar-refractivity contribution in [3.63, 3.8) is 0 Å². The summed E-state index contributed by atoms with van der Waals surface area (Å²) < 4.78 is 0. The quantitative estimate of drug-likeness (QED) is 0.809. The van der Waals surface area contributed by atoms with E-state index in [2.05, 4.69) is 11.8 Å². The molecule has 18 heavy (non-hydrogen) atoms. The molecular weight excluding hydrogens is 232 g/mol. The van der Waals surface area contributed by atoms with Crippen LogP contribution in [0.4, 0.5) is 0 Å². The zero-order valence-electron chi connectivity index (χ0n) is 11.0.